The third-order valence-electron chi connectivity index (χ3n) is 3.91. The molecule has 1 amide bonds. The Morgan fingerprint density at radius 1 is 1.14 bits per heavy atom. The molecule has 2 aliphatic rings. The van der Waals surface area contributed by atoms with Gasteiger partial charge in [-0.15, -0.1) is 11.8 Å². The fourth-order valence-corrected chi connectivity index (χ4v) is 4.22. The number of nitrogens with zero attached hydrogens (tertiary/aromatic N) is 1. The summed E-state index contributed by atoms with van der Waals surface area (Å²) in [5.74, 6) is 0.850. The van der Waals surface area contributed by atoms with Gasteiger partial charge in [-0.3, -0.25) is 4.79 Å². The van der Waals surface area contributed by atoms with Crippen LogP contribution in [0.4, 0.5) is 5.69 Å². The van der Waals surface area contributed by atoms with Gasteiger partial charge in [0.05, 0.1) is 5.69 Å². The van der Waals surface area contributed by atoms with Crippen LogP contribution in [-0.2, 0) is 11.2 Å². The van der Waals surface area contributed by atoms with Gasteiger partial charge in [-0.05, 0) is 30.2 Å². The lowest BCUT2D eigenvalue weighted by Gasteiger charge is -2.31. The molecule has 2 aliphatic heterocycles. The van der Waals surface area contributed by atoms with Crippen LogP contribution in [0.2, 0.25) is 0 Å². The first-order valence-corrected chi connectivity index (χ1v) is 7.96. The zero-order valence-electron chi connectivity index (χ0n) is 11.5. The summed E-state index contributed by atoms with van der Waals surface area (Å²) in [7, 11) is 0. The zero-order valence-corrected chi connectivity index (χ0v) is 12.3. The zero-order chi connectivity index (χ0) is 14.2. The summed E-state index contributed by atoms with van der Waals surface area (Å²) in [5.41, 5.74) is 2.28. The second-order valence-corrected chi connectivity index (χ2v) is 6.65. The normalized spacial score (nSPS) is 19.9. The largest absolute Gasteiger partial charge is 0.482 e. The molecule has 0 fully saturated rings. The van der Waals surface area contributed by atoms with Crippen LogP contribution in [-0.4, -0.2) is 24.3 Å². The topological polar surface area (TPSA) is 29.5 Å². The summed E-state index contributed by atoms with van der Waals surface area (Å²) < 4.78 is 5.49. The van der Waals surface area contributed by atoms with E-state index in [9.17, 15) is 4.79 Å². The van der Waals surface area contributed by atoms with Crippen molar-refractivity contribution in [1.29, 1.82) is 0 Å². The van der Waals surface area contributed by atoms with Crippen molar-refractivity contribution in [2.45, 2.75) is 16.6 Å². The van der Waals surface area contributed by atoms with E-state index in [1.54, 1.807) is 0 Å². The molecule has 2 heterocycles. The Morgan fingerprint density at radius 3 is 2.86 bits per heavy atom. The lowest BCUT2D eigenvalue weighted by molar-refractivity contribution is -0.121. The van der Waals surface area contributed by atoms with Crippen LogP contribution in [0.15, 0.2) is 53.4 Å². The first-order chi connectivity index (χ1) is 10.3. The number of rotatable bonds is 2. The van der Waals surface area contributed by atoms with Crippen molar-refractivity contribution in [1.82, 2.24) is 0 Å². The summed E-state index contributed by atoms with van der Waals surface area (Å²) in [5, 5.41) is 0.414. The molecular weight excluding hydrogens is 282 g/mol. The second-order valence-electron chi connectivity index (χ2n) is 5.31. The highest BCUT2D eigenvalue weighted by atomic mass is 32.2. The predicted octanol–water partition coefficient (Wildman–Crippen LogP) is 3.13. The van der Waals surface area contributed by atoms with Crippen molar-refractivity contribution in [3.63, 3.8) is 0 Å². The third kappa shape index (κ3) is 2.29. The lowest BCUT2D eigenvalue weighted by Crippen LogP contribution is -2.42. The van der Waals surface area contributed by atoms with E-state index in [4.69, 9.17) is 4.74 Å². The molecule has 0 aromatic heterocycles. The number of fused-ring (bicyclic) bond motifs is 2. The number of ether oxygens (including phenoxy) is 1. The Labute approximate surface area is 127 Å². The van der Waals surface area contributed by atoms with E-state index in [-0.39, 0.29) is 12.5 Å². The Balaban J connectivity index is 1.57. The lowest BCUT2D eigenvalue weighted by atomic mass is 10.1. The molecule has 2 aromatic carbocycles. The average Bonchev–Trinajstić information content (AvgIpc) is 2.92. The highest BCUT2D eigenvalue weighted by Crippen LogP contribution is 2.39. The van der Waals surface area contributed by atoms with Crippen LogP contribution >= 0.6 is 11.8 Å². The van der Waals surface area contributed by atoms with Gasteiger partial charge in [0.25, 0.3) is 5.91 Å². The van der Waals surface area contributed by atoms with Gasteiger partial charge in [0.2, 0.25) is 0 Å². The summed E-state index contributed by atoms with van der Waals surface area (Å²) in [4.78, 5) is 15.4. The molecule has 0 radical (unpaired) electrons. The van der Waals surface area contributed by atoms with E-state index >= 15 is 0 Å². The minimum Gasteiger partial charge on any atom is -0.482 e. The molecule has 0 aliphatic carbocycles. The minimum absolute atomic E-state index is 0.0465. The monoisotopic (exact) mass is 297 g/mol. The van der Waals surface area contributed by atoms with Crippen LogP contribution in [0.5, 0.6) is 5.75 Å². The van der Waals surface area contributed by atoms with Crippen LogP contribution in [0.1, 0.15) is 5.56 Å². The number of hydrogen-bond acceptors (Lipinski definition) is 3. The number of hydrogen-bond donors (Lipinski definition) is 0. The van der Waals surface area contributed by atoms with E-state index in [1.807, 2.05) is 40.9 Å². The molecule has 0 saturated heterocycles. The number of amides is 1. The molecule has 106 valence electrons. The van der Waals surface area contributed by atoms with Gasteiger partial charge in [0, 0.05) is 16.7 Å². The number of carbonyl (C=O) groups excluding carboxylic acids is 1. The molecular formula is C17H15NO2S. The highest BCUT2D eigenvalue weighted by Gasteiger charge is 2.30. The predicted molar refractivity (Wildman–Crippen MR) is 84.1 cm³/mol. The number of carbonyl (C=O) groups is 1. The van der Waals surface area contributed by atoms with E-state index < -0.39 is 0 Å². The van der Waals surface area contributed by atoms with Crippen molar-refractivity contribution in [2.75, 3.05) is 18.1 Å². The third-order valence-corrected chi connectivity index (χ3v) is 5.21. The van der Waals surface area contributed by atoms with Gasteiger partial charge in [-0.25, -0.2) is 0 Å². The summed E-state index contributed by atoms with van der Waals surface area (Å²) in [6.07, 6.45) is 1.02. The Bertz CT molecular complexity index is 676. The number of para-hydroxylation sites is 2. The van der Waals surface area contributed by atoms with Gasteiger partial charge in [-0.1, -0.05) is 30.3 Å². The molecule has 3 nitrogen and oxygen atoms in total. The standard InChI is InChI=1S/C17H15NO2S/c19-17-11-20-15-7-3-2-6-14(15)18(17)10-13-9-12-5-1-4-8-16(12)21-13/h1-8,13H,9-11H2. The Morgan fingerprint density at radius 2 is 1.95 bits per heavy atom. The molecule has 2 aromatic rings. The molecule has 21 heavy (non-hydrogen) atoms. The van der Waals surface area contributed by atoms with Crippen molar-refractivity contribution in [3.05, 3.63) is 54.1 Å². The van der Waals surface area contributed by atoms with Crippen molar-refractivity contribution in [3.8, 4) is 5.75 Å². The molecule has 4 rings (SSSR count). The molecule has 1 atom stereocenters. The number of anilines is 1. The molecule has 0 saturated carbocycles. The van der Waals surface area contributed by atoms with Gasteiger partial charge >= 0.3 is 0 Å². The molecule has 4 heteroatoms. The fraction of sp³-hybridized carbons (Fsp3) is 0.235. The molecule has 1 unspecified atom stereocenters. The van der Waals surface area contributed by atoms with Crippen molar-refractivity contribution < 1.29 is 9.53 Å². The van der Waals surface area contributed by atoms with Crippen LogP contribution in [0.3, 0.4) is 0 Å². The van der Waals surface area contributed by atoms with E-state index in [0.29, 0.717) is 5.25 Å². The van der Waals surface area contributed by atoms with E-state index in [2.05, 4.69) is 24.3 Å². The smallest absolute Gasteiger partial charge is 0.265 e. The summed E-state index contributed by atoms with van der Waals surface area (Å²) >= 11 is 1.87. The molecule has 0 bridgehead atoms. The van der Waals surface area contributed by atoms with Gasteiger partial charge in [-0.2, -0.15) is 0 Å². The van der Waals surface area contributed by atoms with Crippen LogP contribution in [0, 0.1) is 0 Å². The van der Waals surface area contributed by atoms with Gasteiger partial charge in [0.15, 0.2) is 6.61 Å². The first-order valence-electron chi connectivity index (χ1n) is 7.08. The van der Waals surface area contributed by atoms with Gasteiger partial charge in [0.1, 0.15) is 5.75 Å². The fourth-order valence-electron chi connectivity index (χ4n) is 2.91. The summed E-state index contributed by atoms with van der Waals surface area (Å²) in [6, 6.07) is 16.3. The second kappa shape index (κ2) is 5.11. The van der Waals surface area contributed by atoms with E-state index in [1.165, 1.54) is 10.5 Å². The van der Waals surface area contributed by atoms with Crippen LogP contribution < -0.4 is 9.64 Å². The van der Waals surface area contributed by atoms with E-state index in [0.717, 1.165) is 24.4 Å². The van der Waals surface area contributed by atoms with Crippen molar-refractivity contribution in [2.24, 2.45) is 0 Å². The first kappa shape index (κ1) is 12.8. The molecule has 0 N–H and O–H groups in total. The average molecular weight is 297 g/mol. The van der Waals surface area contributed by atoms with Crippen LogP contribution in [0.25, 0.3) is 0 Å². The maximum absolute atomic E-state index is 12.2. The molecule has 0 spiro atoms. The Kier molecular flexibility index (Phi) is 3.11. The maximum atomic E-state index is 12.2. The van der Waals surface area contributed by atoms with Gasteiger partial charge < -0.3 is 9.64 Å². The Hall–Kier alpha value is -1.94. The minimum atomic E-state index is 0.0465. The summed E-state index contributed by atoms with van der Waals surface area (Å²) in [6.45, 7) is 0.875. The quantitative estimate of drug-likeness (QED) is 0.853. The number of thioether (sulfide) groups is 1. The SMILES string of the molecule is O=C1COc2ccccc2N1CC1Cc2ccccc2S1. The highest BCUT2D eigenvalue weighted by molar-refractivity contribution is 8.00. The maximum Gasteiger partial charge on any atom is 0.265 e. The van der Waals surface area contributed by atoms with Crippen molar-refractivity contribution >= 4 is 23.4 Å². The number of benzene rings is 2.